The lowest BCUT2D eigenvalue weighted by molar-refractivity contribution is -0.385. The maximum absolute atomic E-state index is 13.2. The Hall–Kier alpha value is -3.28. The molecule has 0 radical (unpaired) electrons. The highest BCUT2D eigenvalue weighted by molar-refractivity contribution is 6.06. The van der Waals surface area contributed by atoms with E-state index < -0.39 is 33.6 Å². The van der Waals surface area contributed by atoms with Crippen molar-refractivity contribution in [1.29, 1.82) is 0 Å². The van der Waals surface area contributed by atoms with Crippen LogP contribution in [0, 0.1) is 20.9 Å². The average molecular weight is 373 g/mol. The third-order valence-electron chi connectivity index (χ3n) is 7.26. The molecule has 28 heavy (non-hydrogen) atoms. The number of carbonyl (C=O) groups is 2. The summed E-state index contributed by atoms with van der Waals surface area (Å²) >= 11 is 0. The van der Waals surface area contributed by atoms with Gasteiger partial charge in [-0.25, -0.2) is 0 Å². The van der Waals surface area contributed by atoms with Crippen molar-refractivity contribution in [3.63, 3.8) is 0 Å². The number of carbonyl (C=O) groups excluding carboxylic acids is 2. The number of hydrogen-bond acceptors (Lipinski definition) is 5. The van der Waals surface area contributed by atoms with Crippen LogP contribution in [0.2, 0.25) is 0 Å². The lowest BCUT2D eigenvalue weighted by Crippen LogP contribution is -2.59. The van der Waals surface area contributed by atoms with Gasteiger partial charge in [-0.2, -0.15) is 0 Å². The molecule has 0 N–H and O–H groups in total. The second-order valence-corrected chi connectivity index (χ2v) is 8.06. The summed E-state index contributed by atoms with van der Waals surface area (Å²) in [6, 6.07) is 12.6. The summed E-state index contributed by atoms with van der Waals surface area (Å²) in [4.78, 5) is 37.3. The molecular weight excluding hydrogens is 358 g/mol. The van der Waals surface area contributed by atoms with Crippen molar-refractivity contribution < 1.29 is 19.2 Å². The van der Waals surface area contributed by atoms with Crippen molar-refractivity contribution in [2.45, 2.75) is 24.7 Å². The number of hydrogen-bond donors (Lipinski definition) is 0. The summed E-state index contributed by atoms with van der Waals surface area (Å²) in [5.74, 6) is -1.75. The smallest absolute Gasteiger partial charge is 0.322 e. The number of rotatable bonds is 1. The molecule has 4 aliphatic carbocycles. The first-order valence-corrected chi connectivity index (χ1v) is 9.31. The van der Waals surface area contributed by atoms with Gasteiger partial charge in [0.05, 0.1) is 4.92 Å². The van der Waals surface area contributed by atoms with Crippen LogP contribution < -0.4 is 0 Å². The van der Waals surface area contributed by atoms with E-state index in [2.05, 4.69) is 0 Å². The summed E-state index contributed by atoms with van der Waals surface area (Å²) in [7, 11) is 0. The first-order valence-electron chi connectivity index (χ1n) is 9.31. The van der Waals surface area contributed by atoms with Crippen LogP contribution in [-0.4, -0.2) is 16.9 Å². The standard InChI is InChI=1S/C22H15NO5/c24-19-21-9-3-4-10-22(21,20(25)28-19)18-14-6-2-1-5-13(14)17(21)15-8-7-12(23(26)27)11-16(15)18/h1-8,11,17-18H,9-10H2/t17-,18+,21-,22+/m1/s1. The summed E-state index contributed by atoms with van der Waals surface area (Å²) in [5, 5.41) is 11.4. The Morgan fingerprint density at radius 3 is 1.96 bits per heavy atom. The van der Waals surface area contributed by atoms with Crippen LogP contribution in [0.25, 0.3) is 0 Å². The Bertz CT molecular complexity index is 1150. The molecule has 2 bridgehead atoms. The maximum Gasteiger partial charge on any atom is 0.322 e. The monoisotopic (exact) mass is 373 g/mol. The highest BCUT2D eigenvalue weighted by Gasteiger charge is 2.78. The average Bonchev–Trinajstić information content (AvgIpc) is 2.95. The number of nitro groups is 1. The largest absolute Gasteiger partial charge is 0.392 e. The third-order valence-corrected chi connectivity index (χ3v) is 7.26. The fourth-order valence-corrected chi connectivity index (χ4v) is 6.31. The fraction of sp³-hybridized carbons (Fsp3) is 0.273. The SMILES string of the molecule is O=C1OC(=O)[C@@]23CC=CC[C@@]12[C@@H]1c2ccccc2[C@H]3c2cc([N+](=O)[O-])ccc21. The van der Waals surface area contributed by atoms with Crippen LogP contribution in [0.4, 0.5) is 5.69 Å². The molecule has 2 aromatic rings. The number of allylic oxidation sites excluding steroid dienone is 2. The predicted octanol–water partition coefficient (Wildman–Crippen LogP) is 3.59. The van der Waals surface area contributed by atoms with E-state index in [0.717, 1.165) is 22.3 Å². The Morgan fingerprint density at radius 2 is 1.39 bits per heavy atom. The van der Waals surface area contributed by atoms with Crippen LogP contribution in [0.1, 0.15) is 46.9 Å². The predicted molar refractivity (Wildman–Crippen MR) is 97.6 cm³/mol. The quantitative estimate of drug-likeness (QED) is 0.251. The second kappa shape index (κ2) is 4.76. The summed E-state index contributed by atoms with van der Waals surface area (Å²) < 4.78 is 5.31. The molecule has 0 aromatic heterocycles. The van der Waals surface area contributed by atoms with Crippen LogP contribution in [0.3, 0.4) is 0 Å². The van der Waals surface area contributed by atoms with Gasteiger partial charge in [0.25, 0.3) is 5.69 Å². The molecule has 1 aliphatic heterocycles. The van der Waals surface area contributed by atoms with E-state index in [4.69, 9.17) is 4.74 Å². The molecule has 6 heteroatoms. The van der Waals surface area contributed by atoms with Crippen molar-refractivity contribution in [3.8, 4) is 0 Å². The van der Waals surface area contributed by atoms with Crippen molar-refractivity contribution in [1.82, 2.24) is 0 Å². The molecule has 6 nitrogen and oxygen atoms in total. The van der Waals surface area contributed by atoms with Gasteiger partial charge in [-0.3, -0.25) is 19.7 Å². The molecule has 4 atom stereocenters. The normalized spacial score (nSPS) is 33.6. The van der Waals surface area contributed by atoms with E-state index in [9.17, 15) is 19.7 Å². The molecule has 0 saturated carbocycles. The zero-order valence-corrected chi connectivity index (χ0v) is 14.8. The third kappa shape index (κ3) is 1.43. The molecular formula is C22H15NO5. The molecule has 0 amide bonds. The zero-order valence-electron chi connectivity index (χ0n) is 14.8. The number of benzene rings is 2. The highest BCUT2D eigenvalue weighted by Crippen LogP contribution is 2.75. The fourth-order valence-electron chi connectivity index (χ4n) is 6.31. The van der Waals surface area contributed by atoms with E-state index in [1.165, 1.54) is 6.07 Å². The molecule has 1 fully saturated rings. The second-order valence-electron chi connectivity index (χ2n) is 8.06. The lowest BCUT2D eigenvalue weighted by Gasteiger charge is -2.59. The van der Waals surface area contributed by atoms with E-state index in [-0.39, 0.29) is 11.6 Å². The van der Waals surface area contributed by atoms with Crippen LogP contribution >= 0.6 is 0 Å². The number of cyclic esters (lactones) is 2. The Labute approximate surface area is 160 Å². The molecule has 2 aromatic carbocycles. The molecule has 138 valence electrons. The first kappa shape index (κ1) is 15.7. The topological polar surface area (TPSA) is 86.5 Å². The maximum atomic E-state index is 13.2. The number of esters is 2. The molecule has 1 heterocycles. The van der Waals surface area contributed by atoms with Gasteiger partial charge in [0.1, 0.15) is 10.8 Å². The number of nitrogens with zero attached hydrogens (tertiary/aromatic N) is 1. The van der Waals surface area contributed by atoms with Crippen molar-refractivity contribution >= 4 is 17.6 Å². The van der Waals surface area contributed by atoms with Gasteiger partial charge in [-0.15, -0.1) is 0 Å². The van der Waals surface area contributed by atoms with E-state index >= 15 is 0 Å². The van der Waals surface area contributed by atoms with Gasteiger partial charge in [0.15, 0.2) is 0 Å². The number of non-ortho nitro benzene ring substituents is 1. The van der Waals surface area contributed by atoms with Crippen molar-refractivity contribution in [2.75, 3.05) is 0 Å². The molecule has 0 spiro atoms. The van der Waals surface area contributed by atoms with Crippen molar-refractivity contribution in [3.05, 3.63) is 87.0 Å². The number of ether oxygens (including phenoxy) is 1. The molecule has 1 saturated heterocycles. The van der Waals surface area contributed by atoms with Crippen LogP contribution in [-0.2, 0) is 14.3 Å². The minimum absolute atomic E-state index is 0.00479. The summed E-state index contributed by atoms with van der Waals surface area (Å²) in [5.41, 5.74) is 1.63. The molecule has 7 rings (SSSR count). The van der Waals surface area contributed by atoms with Gasteiger partial charge < -0.3 is 4.74 Å². The number of nitro benzene ring substituents is 1. The van der Waals surface area contributed by atoms with Gasteiger partial charge in [-0.05, 0) is 35.1 Å². The van der Waals surface area contributed by atoms with Crippen molar-refractivity contribution in [2.24, 2.45) is 10.8 Å². The molecule has 5 aliphatic rings. The minimum Gasteiger partial charge on any atom is -0.392 e. The Balaban J connectivity index is 1.78. The summed E-state index contributed by atoms with van der Waals surface area (Å²) in [6.07, 6.45) is 4.74. The van der Waals surface area contributed by atoms with Gasteiger partial charge in [-0.1, -0.05) is 42.5 Å². The molecule has 0 unspecified atom stereocenters. The Morgan fingerprint density at radius 1 is 0.857 bits per heavy atom. The van der Waals surface area contributed by atoms with E-state index in [1.807, 2.05) is 36.4 Å². The highest BCUT2D eigenvalue weighted by atomic mass is 16.6. The van der Waals surface area contributed by atoms with Gasteiger partial charge >= 0.3 is 11.9 Å². The lowest BCUT2D eigenvalue weighted by atomic mass is 9.38. The van der Waals surface area contributed by atoms with Crippen LogP contribution in [0.15, 0.2) is 54.6 Å². The Kier molecular flexibility index (Phi) is 2.68. The summed E-state index contributed by atoms with van der Waals surface area (Å²) in [6.45, 7) is 0. The first-order chi connectivity index (χ1) is 13.5. The van der Waals surface area contributed by atoms with Gasteiger partial charge in [0.2, 0.25) is 0 Å². The van der Waals surface area contributed by atoms with E-state index in [1.54, 1.807) is 12.1 Å². The van der Waals surface area contributed by atoms with E-state index in [0.29, 0.717) is 12.8 Å². The van der Waals surface area contributed by atoms with Gasteiger partial charge in [0, 0.05) is 24.0 Å². The zero-order chi connectivity index (χ0) is 19.3. The minimum atomic E-state index is -1.04. The van der Waals surface area contributed by atoms with Crippen LogP contribution in [0.5, 0.6) is 0 Å².